The van der Waals surface area contributed by atoms with Gasteiger partial charge in [0.1, 0.15) is 5.69 Å². The maximum Gasteiger partial charge on any atom is 0.352 e. The van der Waals surface area contributed by atoms with Gasteiger partial charge in [-0.05, 0) is 38.6 Å². The van der Waals surface area contributed by atoms with Crippen molar-refractivity contribution >= 4 is 11.6 Å². The summed E-state index contributed by atoms with van der Waals surface area (Å²) in [7, 11) is 2.03. The third-order valence-corrected chi connectivity index (χ3v) is 3.49. The maximum atomic E-state index is 11.3. The first-order chi connectivity index (χ1) is 8.68. The van der Waals surface area contributed by atoms with Crippen molar-refractivity contribution < 1.29 is 9.90 Å². The zero-order chi connectivity index (χ0) is 12.7. The Hall–Kier alpha value is -1.95. The van der Waals surface area contributed by atoms with Gasteiger partial charge in [0, 0.05) is 0 Å². The molecule has 6 heteroatoms. The number of carbonyl (C=O) groups is 1. The van der Waals surface area contributed by atoms with Gasteiger partial charge in [-0.1, -0.05) is 6.07 Å². The Morgan fingerprint density at radius 3 is 2.94 bits per heavy atom. The molecule has 0 radical (unpaired) electrons. The highest BCUT2D eigenvalue weighted by atomic mass is 16.4. The summed E-state index contributed by atoms with van der Waals surface area (Å²) in [5, 5.41) is 17.5. The first-order valence-corrected chi connectivity index (χ1v) is 5.96. The van der Waals surface area contributed by atoms with E-state index in [9.17, 15) is 9.90 Å². The Kier molecular flexibility index (Phi) is 2.52. The van der Waals surface area contributed by atoms with Crippen molar-refractivity contribution in [3.63, 3.8) is 0 Å². The van der Waals surface area contributed by atoms with Crippen LogP contribution in [0.15, 0.2) is 18.2 Å². The highest BCUT2D eigenvalue weighted by molar-refractivity contribution is 5.86. The fourth-order valence-electron chi connectivity index (χ4n) is 2.58. The molecule has 0 spiro atoms. The van der Waals surface area contributed by atoms with E-state index in [0.717, 1.165) is 25.2 Å². The van der Waals surface area contributed by atoms with Gasteiger partial charge in [-0.15, -0.1) is 10.2 Å². The molecule has 1 atom stereocenters. The van der Waals surface area contributed by atoms with Crippen molar-refractivity contribution in [1.82, 2.24) is 19.5 Å². The van der Waals surface area contributed by atoms with Crippen molar-refractivity contribution in [3.8, 4) is 0 Å². The second-order valence-corrected chi connectivity index (χ2v) is 4.61. The van der Waals surface area contributed by atoms with Gasteiger partial charge >= 0.3 is 5.97 Å². The molecule has 94 valence electrons. The average Bonchev–Trinajstić information content (AvgIpc) is 2.94. The molecule has 0 saturated carbocycles. The van der Waals surface area contributed by atoms with Crippen LogP contribution >= 0.6 is 0 Å². The molecule has 0 aromatic carbocycles. The average molecular weight is 246 g/mol. The molecule has 2 aromatic rings. The molecule has 1 aliphatic heterocycles. The zero-order valence-electron chi connectivity index (χ0n) is 10.1. The number of hydrogen-bond donors (Lipinski definition) is 1. The van der Waals surface area contributed by atoms with Crippen molar-refractivity contribution in [3.05, 3.63) is 29.7 Å². The molecule has 0 bridgehead atoms. The molecule has 1 fully saturated rings. The third-order valence-electron chi connectivity index (χ3n) is 3.49. The van der Waals surface area contributed by atoms with Crippen molar-refractivity contribution in [2.45, 2.75) is 18.9 Å². The van der Waals surface area contributed by atoms with Crippen LogP contribution in [0.4, 0.5) is 0 Å². The lowest BCUT2D eigenvalue weighted by molar-refractivity contribution is 0.0688. The van der Waals surface area contributed by atoms with Crippen LogP contribution in [0.3, 0.4) is 0 Å². The Labute approximate surface area is 104 Å². The van der Waals surface area contributed by atoms with E-state index in [4.69, 9.17) is 0 Å². The van der Waals surface area contributed by atoms with E-state index >= 15 is 0 Å². The van der Waals surface area contributed by atoms with Gasteiger partial charge < -0.3 is 5.11 Å². The number of carboxylic acid groups (broad SMARTS) is 1. The molecule has 6 nitrogen and oxygen atoms in total. The van der Waals surface area contributed by atoms with Gasteiger partial charge in [0.2, 0.25) is 0 Å². The van der Waals surface area contributed by atoms with Crippen LogP contribution < -0.4 is 0 Å². The van der Waals surface area contributed by atoms with Crippen LogP contribution in [0.2, 0.25) is 0 Å². The molecule has 0 aliphatic carbocycles. The smallest absolute Gasteiger partial charge is 0.352 e. The lowest BCUT2D eigenvalue weighted by Crippen LogP contribution is -2.21. The summed E-state index contributed by atoms with van der Waals surface area (Å²) in [6, 6.07) is 5.20. The number of aromatic carboxylic acids is 1. The van der Waals surface area contributed by atoms with E-state index in [1.165, 1.54) is 0 Å². The van der Waals surface area contributed by atoms with Crippen LogP contribution in [0.25, 0.3) is 5.65 Å². The van der Waals surface area contributed by atoms with Crippen LogP contribution in [-0.2, 0) is 0 Å². The normalized spacial score (nSPS) is 20.6. The van der Waals surface area contributed by atoms with E-state index in [1.807, 2.05) is 7.05 Å². The van der Waals surface area contributed by atoms with Crippen molar-refractivity contribution in [2.24, 2.45) is 0 Å². The quantitative estimate of drug-likeness (QED) is 0.862. The van der Waals surface area contributed by atoms with Gasteiger partial charge in [0.05, 0.1) is 6.04 Å². The fourth-order valence-corrected chi connectivity index (χ4v) is 2.58. The number of hydrogen-bond acceptors (Lipinski definition) is 4. The van der Waals surface area contributed by atoms with E-state index in [0.29, 0.717) is 5.65 Å². The highest BCUT2D eigenvalue weighted by Crippen LogP contribution is 2.29. The van der Waals surface area contributed by atoms with E-state index in [1.54, 1.807) is 22.6 Å². The van der Waals surface area contributed by atoms with Crippen LogP contribution in [0.1, 0.15) is 35.2 Å². The summed E-state index contributed by atoms with van der Waals surface area (Å²) >= 11 is 0. The summed E-state index contributed by atoms with van der Waals surface area (Å²) in [4.78, 5) is 13.5. The van der Waals surface area contributed by atoms with Crippen molar-refractivity contribution in [2.75, 3.05) is 13.6 Å². The number of aromatic nitrogens is 3. The standard InChI is InChI=1S/C12H14N4O2/c1-15-7-3-5-8(15)11-14-13-10-6-2-4-9(12(17)18)16(10)11/h2,4,6,8H,3,5,7H2,1H3,(H,17,18). The van der Waals surface area contributed by atoms with E-state index in [-0.39, 0.29) is 11.7 Å². The molecule has 3 rings (SSSR count). The zero-order valence-corrected chi connectivity index (χ0v) is 10.1. The van der Waals surface area contributed by atoms with E-state index in [2.05, 4.69) is 15.1 Å². The molecule has 1 saturated heterocycles. The molecule has 1 N–H and O–H groups in total. The molecular weight excluding hydrogens is 232 g/mol. The number of fused-ring (bicyclic) bond motifs is 1. The summed E-state index contributed by atoms with van der Waals surface area (Å²) in [5.74, 6) is -0.231. The lowest BCUT2D eigenvalue weighted by Gasteiger charge is -2.17. The monoisotopic (exact) mass is 246 g/mol. The van der Waals surface area contributed by atoms with Crippen molar-refractivity contribution in [1.29, 1.82) is 0 Å². The second kappa shape index (κ2) is 4.06. The van der Waals surface area contributed by atoms with Crippen LogP contribution in [-0.4, -0.2) is 44.2 Å². The summed E-state index contributed by atoms with van der Waals surface area (Å²) in [5.41, 5.74) is 0.804. The lowest BCUT2D eigenvalue weighted by atomic mass is 10.2. The first-order valence-electron chi connectivity index (χ1n) is 5.96. The Morgan fingerprint density at radius 1 is 1.44 bits per heavy atom. The summed E-state index contributed by atoms with van der Waals surface area (Å²) in [6.45, 7) is 1.01. The minimum Gasteiger partial charge on any atom is -0.477 e. The number of rotatable bonds is 2. The van der Waals surface area contributed by atoms with Gasteiger partial charge in [-0.3, -0.25) is 9.30 Å². The molecule has 2 aromatic heterocycles. The Balaban J connectivity index is 2.21. The largest absolute Gasteiger partial charge is 0.477 e. The van der Waals surface area contributed by atoms with Gasteiger partial charge in [0.25, 0.3) is 0 Å². The molecule has 1 aliphatic rings. The van der Waals surface area contributed by atoms with Gasteiger partial charge in [0.15, 0.2) is 11.5 Å². The predicted octanol–water partition coefficient (Wildman–Crippen LogP) is 1.19. The maximum absolute atomic E-state index is 11.3. The first kappa shape index (κ1) is 11.2. The van der Waals surface area contributed by atoms with Crippen LogP contribution in [0, 0.1) is 0 Å². The Bertz CT molecular complexity index is 607. The topological polar surface area (TPSA) is 70.7 Å². The Morgan fingerprint density at radius 2 is 2.28 bits per heavy atom. The number of nitrogens with zero attached hydrogens (tertiary/aromatic N) is 4. The van der Waals surface area contributed by atoms with Gasteiger partial charge in [-0.2, -0.15) is 0 Å². The predicted molar refractivity (Wildman–Crippen MR) is 64.6 cm³/mol. The molecule has 1 unspecified atom stereocenters. The highest BCUT2D eigenvalue weighted by Gasteiger charge is 2.28. The van der Waals surface area contributed by atoms with Gasteiger partial charge in [-0.25, -0.2) is 4.79 Å². The second-order valence-electron chi connectivity index (χ2n) is 4.61. The fraction of sp³-hybridized carbons (Fsp3) is 0.417. The molecule has 3 heterocycles. The van der Waals surface area contributed by atoms with E-state index < -0.39 is 5.97 Å². The van der Waals surface area contributed by atoms with Crippen LogP contribution in [0.5, 0.6) is 0 Å². The summed E-state index contributed by atoms with van der Waals surface area (Å²) in [6.07, 6.45) is 2.09. The number of pyridine rings is 1. The number of carboxylic acids is 1. The molecule has 0 amide bonds. The number of likely N-dealkylation sites (tertiary alicyclic amines) is 1. The third kappa shape index (κ3) is 1.57. The molecule has 18 heavy (non-hydrogen) atoms. The minimum absolute atomic E-state index is 0.153. The SMILES string of the molecule is CN1CCCC1c1nnc2cccc(C(=O)O)n12. The molecular formula is C12H14N4O2. The minimum atomic E-state index is -0.956. The summed E-state index contributed by atoms with van der Waals surface area (Å²) < 4.78 is 1.65.